The van der Waals surface area contributed by atoms with Crippen LogP contribution in [0.15, 0.2) is 18.3 Å². The Morgan fingerprint density at radius 2 is 2.19 bits per heavy atom. The van der Waals surface area contributed by atoms with E-state index >= 15 is 0 Å². The molecule has 1 fully saturated rings. The smallest absolute Gasteiger partial charge is 0.263 e. The number of amides is 1. The third kappa shape index (κ3) is 2.88. The number of imidazole rings is 1. The first-order valence-electron chi connectivity index (χ1n) is 7.40. The average molecular weight is 303 g/mol. The number of nitrogens with zero attached hydrogens (tertiary/aromatic N) is 3. The van der Waals surface area contributed by atoms with Crippen molar-refractivity contribution in [3.05, 3.63) is 39.6 Å². The van der Waals surface area contributed by atoms with Crippen molar-refractivity contribution in [3.8, 4) is 0 Å². The first kappa shape index (κ1) is 14.3. The van der Waals surface area contributed by atoms with Gasteiger partial charge in [-0.25, -0.2) is 4.98 Å². The Hall–Kier alpha value is -1.62. The first-order valence-corrected chi connectivity index (χ1v) is 8.22. The van der Waals surface area contributed by atoms with Gasteiger partial charge in [-0.3, -0.25) is 4.79 Å². The molecule has 0 saturated carbocycles. The molecule has 0 N–H and O–H groups in total. The zero-order valence-corrected chi connectivity index (χ0v) is 13.6. The van der Waals surface area contributed by atoms with Crippen molar-refractivity contribution >= 4 is 17.2 Å². The van der Waals surface area contributed by atoms with Gasteiger partial charge in [-0.1, -0.05) is 0 Å². The lowest BCUT2D eigenvalue weighted by Crippen LogP contribution is -2.39. The second-order valence-corrected chi connectivity index (χ2v) is 7.14. The summed E-state index contributed by atoms with van der Waals surface area (Å²) in [6, 6.07) is 3.96. The molecule has 0 aliphatic carbocycles. The molecule has 3 heterocycles. The highest BCUT2D eigenvalue weighted by atomic mass is 32.1. The first-order chi connectivity index (χ1) is 10.0. The van der Waals surface area contributed by atoms with Gasteiger partial charge in [0.1, 0.15) is 5.82 Å². The fraction of sp³-hybridized carbons (Fsp3) is 0.500. The Balaban J connectivity index is 1.77. The zero-order valence-electron chi connectivity index (χ0n) is 12.8. The summed E-state index contributed by atoms with van der Waals surface area (Å²) < 4.78 is 2.10. The number of aryl methyl sites for hydroxylation is 3. The average Bonchev–Trinajstić information content (AvgIpc) is 3.04. The Labute approximate surface area is 129 Å². The SMILES string of the molecule is Cc1cn(C)c([C@H]2CCCN(C(=O)c3ccc(C)s3)C2)n1. The maximum Gasteiger partial charge on any atom is 0.263 e. The third-order valence-electron chi connectivity index (χ3n) is 4.06. The van der Waals surface area contributed by atoms with E-state index in [9.17, 15) is 4.79 Å². The summed E-state index contributed by atoms with van der Waals surface area (Å²) in [4.78, 5) is 21.2. The van der Waals surface area contributed by atoms with Gasteiger partial charge in [0.05, 0.1) is 10.6 Å². The highest BCUT2D eigenvalue weighted by Gasteiger charge is 2.28. The number of carbonyl (C=O) groups excluding carboxylic acids is 1. The number of hydrogen-bond donors (Lipinski definition) is 0. The lowest BCUT2D eigenvalue weighted by Gasteiger charge is -2.32. The summed E-state index contributed by atoms with van der Waals surface area (Å²) in [5, 5.41) is 0. The number of hydrogen-bond acceptors (Lipinski definition) is 3. The number of likely N-dealkylation sites (tertiary alicyclic amines) is 1. The molecule has 112 valence electrons. The van der Waals surface area contributed by atoms with E-state index in [1.54, 1.807) is 11.3 Å². The maximum atomic E-state index is 12.6. The molecule has 2 aromatic heterocycles. The van der Waals surface area contributed by atoms with E-state index in [2.05, 4.69) is 15.7 Å². The molecule has 21 heavy (non-hydrogen) atoms. The molecule has 1 amide bonds. The van der Waals surface area contributed by atoms with Gasteiger partial charge in [-0.15, -0.1) is 11.3 Å². The predicted octanol–water partition coefficient (Wildman–Crippen LogP) is 3.12. The summed E-state index contributed by atoms with van der Waals surface area (Å²) in [7, 11) is 2.04. The Kier molecular flexibility index (Phi) is 3.85. The molecule has 4 nitrogen and oxygen atoms in total. The van der Waals surface area contributed by atoms with Crippen LogP contribution in [0.1, 0.15) is 44.8 Å². The van der Waals surface area contributed by atoms with E-state index < -0.39 is 0 Å². The summed E-state index contributed by atoms with van der Waals surface area (Å²) in [6.45, 7) is 5.69. The maximum absolute atomic E-state index is 12.6. The van der Waals surface area contributed by atoms with Crippen LogP contribution in [0.5, 0.6) is 0 Å². The molecule has 1 atom stereocenters. The van der Waals surface area contributed by atoms with Crippen LogP contribution in [0.3, 0.4) is 0 Å². The van der Waals surface area contributed by atoms with E-state index in [4.69, 9.17) is 0 Å². The minimum atomic E-state index is 0.170. The third-order valence-corrected chi connectivity index (χ3v) is 5.05. The van der Waals surface area contributed by atoms with Crippen LogP contribution in [0.4, 0.5) is 0 Å². The summed E-state index contributed by atoms with van der Waals surface area (Å²) >= 11 is 1.58. The highest BCUT2D eigenvalue weighted by molar-refractivity contribution is 7.13. The van der Waals surface area contributed by atoms with Gasteiger partial charge in [-0.2, -0.15) is 0 Å². The molecule has 3 rings (SSSR count). The number of carbonyl (C=O) groups is 1. The van der Waals surface area contributed by atoms with E-state index in [1.807, 2.05) is 37.9 Å². The van der Waals surface area contributed by atoms with Gasteiger partial charge in [0, 0.05) is 37.1 Å². The van der Waals surface area contributed by atoms with Crippen molar-refractivity contribution in [2.24, 2.45) is 7.05 Å². The van der Waals surface area contributed by atoms with Crippen molar-refractivity contribution in [2.45, 2.75) is 32.6 Å². The Morgan fingerprint density at radius 3 is 2.81 bits per heavy atom. The zero-order chi connectivity index (χ0) is 15.0. The van der Waals surface area contributed by atoms with Gasteiger partial charge < -0.3 is 9.47 Å². The molecule has 0 radical (unpaired) electrons. The van der Waals surface area contributed by atoms with E-state index in [0.29, 0.717) is 5.92 Å². The van der Waals surface area contributed by atoms with Gasteiger partial charge in [-0.05, 0) is 38.8 Å². The van der Waals surface area contributed by atoms with Crippen LogP contribution in [-0.2, 0) is 7.05 Å². The molecule has 0 bridgehead atoms. The van der Waals surface area contributed by atoms with Crippen molar-refractivity contribution in [2.75, 3.05) is 13.1 Å². The number of aromatic nitrogens is 2. The van der Waals surface area contributed by atoms with Crippen molar-refractivity contribution in [1.82, 2.24) is 14.5 Å². The Morgan fingerprint density at radius 1 is 1.38 bits per heavy atom. The minimum Gasteiger partial charge on any atom is -0.337 e. The van der Waals surface area contributed by atoms with Crippen molar-refractivity contribution in [3.63, 3.8) is 0 Å². The Bertz CT molecular complexity index is 658. The molecule has 1 aliphatic rings. The standard InChI is InChI=1S/C16H21N3OS/c1-11-9-18(3)15(17-11)13-5-4-8-19(10-13)16(20)14-7-6-12(2)21-14/h6-7,9,13H,4-5,8,10H2,1-3H3/t13-/m0/s1. The van der Waals surface area contributed by atoms with Crippen LogP contribution in [-0.4, -0.2) is 33.4 Å². The van der Waals surface area contributed by atoms with Crippen molar-refractivity contribution in [1.29, 1.82) is 0 Å². The lowest BCUT2D eigenvalue weighted by molar-refractivity contribution is 0.0708. The van der Waals surface area contributed by atoms with Crippen LogP contribution in [0.2, 0.25) is 0 Å². The van der Waals surface area contributed by atoms with Crippen molar-refractivity contribution < 1.29 is 4.79 Å². The van der Waals surface area contributed by atoms with Gasteiger partial charge in [0.2, 0.25) is 0 Å². The largest absolute Gasteiger partial charge is 0.337 e. The summed E-state index contributed by atoms with van der Waals surface area (Å²) in [6.07, 6.45) is 4.21. The fourth-order valence-electron chi connectivity index (χ4n) is 3.09. The van der Waals surface area contributed by atoms with E-state index in [1.165, 1.54) is 4.88 Å². The molecule has 1 saturated heterocycles. The molecule has 5 heteroatoms. The summed E-state index contributed by atoms with van der Waals surface area (Å²) in [5.74, 6) is 1.62. The van der Waals surface area contributed by atoms with Crippen LogP contribution in [0, 0.1) is 13.8 Å². The molecule has 0 spiro atoms. The lowest BCUT2D eigenvalue weighted by atomic mass is 9.97. The number of piperidine rings is 1. The highest BCUT2D eigenvalue weighted by Crippen LogP contribution is 2.28. The number of rotatable bonds is 2. The molecule has 0 aromatic carbocycles. The fourth-order valence-corrected chi connectivity index (χ4v) is 3.93. The topological polar surface area (TPSA) is 38.1 Å². The molecular formula is C16H21N3OS. The van der Waals surface area contributed by atoms with E-state index in [0.717, 1.165) is 42.3 Å². The quantitative estimate of drug-likeness (QED) is 0.855. The molecule has 2 aromatic rings. The monoisotopic (exact) mass is 303 g/mol. The van der Waals surface area contributed by atoms with Crippen LogP contribution < -0.4 is 0 Å². The minimum absolute atomic E-state index is 0.170. The number of thiophene rings is 1. The normalized spacial score (nSPS) is 19.0. The van der Waals surface area contributed by atoms with Gasteiger partial charge in [0.25, 0.3) is 5.91 Å². The van der Waals surface area contributed by atoms with Gasteiger partial charge >= 0.3 is 0 Å². The van der Waals surface area contributed by atoms with Crippen LogP contribution >= 0.6 is 11.3 Å². The van der Waals surface area contributed by atoms with Crippen LogP contribution in [0.25, 0.3) is 0 Å². The second kappa shape index (κ2) is 5.64. The predicted molar refractivity (Wildman–Crippen MR) is 84.9 cm³/mol. The molecule has 1 aliphatic heterocycles. The van der Waals surface area contributed by atoms with Gasteiger partial charge in [0.15, 0.2) is 0 Å². The molecule has 0 unspecified atom stereocenters. The van der Waals surface area contributed by atoms with E-state index in [-0.39, 0.29) is 5.91 Å². The molecular weight excluding hydrogens is 282 g/mol. The summed E-state index contributed by atoms with van der Waals surface area (Å²) in [5.41, 5.74) is 1.05. The second-order valence-electron chi connectivity index (χ2n) is 5.85.